The van der Waals surface area contributed by atoms with E-state index in [1.807, 2.05) is 35.2 Å². The molecule has 1 aliphatic rings. The Morgan fingerprint density at radius 2 is 2.16 bits per heavy atom. The molecule has 1 fully saturated rings. The number of hydrogen-bond donors (Lipinski definition) is 1. The van der Waals surface area contributed by atoms with Gasteiger partial charge in [0.1, 0.15) is 0 Å². The van der Waals surface area contributed by atoms with Crippen molar-refractivity contribution in [1.82, 2.24) is 4.90 Å². The summed E-state index contributed by atoms with van der Waals surface area (Å²) < 4.78 is 5.25. The van der Waals surface area contributed by atoms with Crippen LogP contribution in [0.3, 0.4) is 0 Å². The summed E-state index contributed by atoms with van der Waals surface area (Å²) in [5, 5.41) is 9.12. The minimum Gasteiger partial charge on any atom is -0.395 e. The van der Waals surface area contributed by atoms with Crippen LogP contribution in [0.25, 0.3) is 0 Å². The van der Waals surface area contributed by atoms with Crippen molar-refractivity contribution in [3.63, 3.8) is 0 Å². The van der Waals surface area contributed by atoms with Gasteiger partial charge in [-0.05, 0) is 12.0 Å². The second kappa shape index (κ2) is 7.38. The van der Waals surface area contributed by atoms with E-state index in [4.69, 9.17) is 9.84 Å². The van der Waals surface area contributed by atoms with E-state index in [1.54, 1.807) is 0 Å². The first-order chi connectivity index (χ1) is 9.29. The zero-order chi connectivity index (χ0) is 13.5. The van der Waals surface area contributed by atoms with Crippen LogP contribution in [0.4, 0.5) is 0 Å². The summed E-state index contributed by atoms with van der Waals surface area (Å²) >= 11 is 0. The zero-order valence-corrected chi connectivity index (χ0v) is 11.1. The third-order valence-corrected chi connectivity index (χ3v) is 3.43. The number of rotatable bonds is 7. The number of carbonyl (C=O) groups is 1. The van der Waals surface area contributed by atoms with Gasteiger partial charge in [-0.15, -0.1) is 0 Å². The molecule has 1 aliphatic heterocycles. The number of ether oxygens (including phenoxy) is 1. The minimum absolute atomic E-state index is 0.0389. The normalized spacial score (nSPS) is 18.9. The SMILES string of the molecule is O=C(CN(CCO)Cc1ccccc1)C1CCOC1. The maximum Gasteiger partial charge on any atom is 0.152 e. The molecule has 1 aromatic rings. The van der Waals surface area contributed by atoms with Gasteiger partial charge in [-0.2, -0.15) is 0 Å². The Hall–Kier alpha value is -1.23. The molecule has 1 N–H and O–H groups in total. The standard InChI is InChI=1S/C15H21NO3/c17-8-7-16(10-13-4-2-1-3-5-13)11-15(18)14-6-9-19-12-14/h1-5,14,17H,6-12H2. The van der Waals surface area contributed by atoms with E-state index in [0.29, 0.717) is 32.8 Å². The predicted molar refractivity (Wildman–Crippen MR) is 72.7 cm³/mol. The molecular weight excluding hydrogens is 242 g/mol. The van der Waals surface area contributed by atoms with E-state index in [-0.39, 0.29) is 18.3 Å². The Labute approximate surface area is 114 Å². The number of benzene rings is 1. The molecule has 0 bridgehead atoms. The molecule has 0 radical (unpaired) electrons. The average Bonchev–Trinajstić information content (AvgIpc) is 2.94. The van der Waals surface area contributed by atoms with Crippen LogP contribution < -0.4 is 0 Å². The summed E-state index contributed by atoms with van der Waals surface area (Å²) in [6.45, 7) is 2.92. The monoisotopic (exact) mass is 263 g/mol. The molecule has 1 unspecified atom stereocenters. The summed E-state index contributed by atoms with van der Waals surface area (Å²) in [7, 11) is 0. The van der Waals surface area contributed by atoms with Gasteiger partial charge < -0.3 is 9.84 Å². The van der Waals surface area contributed by atoms with Crippen LogP contribution in [0.1, 0.15) is 12.0 Å². The van der Waals surface area contributed by atoms with Crippen molar-refractivity contribution in [3.05, 3.63) is 35.9 Å². The lowest BCUT2D eigenvalue weighted by atomic mass is 10.0. The first kappa shape index (κ1) is 14.2. The molecule has 0 amide bonds. The highest BCUT2D eigenvalue weighted by molar-refractivity contribution is 5.83. The van der Waals surface area contributed by atoms with Gasteiger partial charge in [0, 0.05) is 25.6 Å². The smallest absolute Gasteiger partial charge is 0.152 e. The van der Waals surface area contributed by atoms with Crippen LogP contribution in [-0.4, -0.2) is 48.7 Å². The van der Waals surface area contributed by atoms with Gasteiger partial charge in [0.25, 0.3) is 0 Å². The average molecular weight is 263 g/mol. The Kier molecular flexibility index (Phi) is 5.51. The van der Waals surface area contributed by atoms with E-state index in [0.717, 1.165) is 12.0 Å². The fraction of sp³-hybridized carbons (Fsp3) is 0.533. The number of hydrogen-bond acceptors (Lipinski definition) is 4. The van der Waals surface area contributed by atoms with Crippen LogP contribution in [0.2, 0.25) is 0 Å². The molecular formula is C15H21NO3. The highest BCUT2D eigenvalue weighted by Crippen LogP contribution is 2.14. The molecule has 2 rings (SSSR count). The van der Waals surface area contributed by atoms with Crippen molar-refractivity contribution >= 4 is 5.78 Å². The highest BCUT2D eigenvalue weighted by atomic mass is 16.5. The fourth-order valence-corrected chi connectivity index (χ4v) is 2.33. The summed E-state index contributed by atoms with van der Waals surface area (Å²) in [5.74, 6) is 0.263. The van der Waals surface area contributed by atoms with E-state index in [1.165, 1.54) is 0 Å². The van der Waals surface area contributed by atoms with E-state index in [2.05, 4.69) is 0 Å². The van der Waals surface area contributed by atoms with E-state index in [9.17, 15) is 4.79 Å². The quantitative estimate of drug-likeness (QED) is 0.800. The number of ketones is 1. The van der Waals surface area contributed by atoms with Crippen LogP contribution >= 0.6 is 0 Å². The van der Waals surface area contributed by atoms with E-state index >= 15 is 0 Å². The van der Waals surface area contributed by atoms with Gasteiger partial charge in [0.05, 0.1) is 19.8 Å². The Morgan fingerprint density at radius 3 is 2.79 bits per heavy atom. The van der Waals surface area contributed by atoms with Crippen LogP contribution in [0.5, 0.6) is 0 Å². The second-order valence-electron chi connectivity index (χ2n) is 4.95. The van der Waals surface area contributed by atoms with Gasteiger partial charge in [-0.3, -0.25) is 9.69 Å². The Bertz CT molecular complexity index is 388. The molecule has 4 nitrogen and oxygen atoms in total. The summed E-state index contributed by atoms with van der Waals surface area (Å²) in [5.41, 5.74) is 1.16. The molecule has 0 spiro atoms. The molecule has 4 heteroatoms. The number of aliphatic hydroxyl groups excluding tert-OH is 1. The van der Waals surface area contributed by atoms with Gasteiger partial charge in [-0.1, -0.05) is 30.3 Å². The van der Waals surface area contributed by atoms with Crippen LogP contribution in [0.15, 0.2) is 30.3 Å². The van der Waals surface area contributed by atoms with Crippen LogP contribution in [-0.2, 0) is 16.1 Å². The highest BCUT2D eigenvalue weighted by Gasteiger charge is 2.24. The largest absolute Gasteiger partial charge is 0.395 e. The van der Waals surface area contributed by atoms with Crippen LogP contribution in [0, 0.1) is 5.92 Å². The van der Waals surface area contributed by atoms with Gasteiger partial charge in [0.2, 0.25) is 0 Å². The third-order valence-electron chi connectivity index (χ3n) is 3.43. The Balaban J connectivity index is 1.90. The summed E-state index contributed by atoms with van der Waals surface area (Å²) in [4.78, 5) is 14.1. The molecule has 19 heavy (non-hydrogen) atoms. The van der Waals surface area contributed by atoms with Crippen molar-refractivity contribution in [2.75, 3.05) is 32.9 Å². The predicted octanol–water partition coefficient (Wildman–Crippen LogP) is 1.09. The van der Waals surface area contributed by atoms with Crippen molar-refractivity contribution in [1.29, 1.82) is 0 Å². The number of Topliss-reactive ketones (excluding diaryl/α,β-unsaturated/α-hetero) is 1. The van der Waals surface area contributed by atoms with Crippen molar-refractivity contribution in [2.24, 2.45) is 5.92 Å². The fourth-order valence-electron chi connectivity index (χ4n) is 2.33. The molecule has 104 valence electrons. The van der Waals surface area contributed by atoms with Gasteiger partial charge >= 0.3 is 0 Å². The van der Waals surface area contributed by atoms with Crippen molar-refractivity contribution in [3.8, 4) is 0 Å². The lowest BCUT2D eigenvalue weighted by Crippen LogP contribution is -2.35. The lowest BCUT2D eigenvalue weighted by Gasteiger charge is -2.21. The van der Waals surface area contributed by atoms with E-state index < -0.39 is 0 Å². The second-order valence-corrected chi connectivity index (χ2v) is 4.95. The first-order valence-electron chi connectivity index (χ1n) is 6.77. The third kappa shape index (κ3) is 4.42. The maximum absolute atomic E-state index is 12.1. The summed E-state index contributed by atoms with van der Waals surface area (Å²) in [6.07, 6.45) is 0.830. The molecule has 0 aromatic heterocycles. The number of aliphatic hydroxyl groups is 1. The topological polar surface area (TPSA) is 49.8 Å². The lowest BCUT2D eigenvalue weighted by molar-refractivity contribution is -0.124. The van der Waals surface area contributed by atoms with Crippen molar-refractivity contribution in [2.45, 2.75) is 13.0 Å². The molecule has 1 heterocycles. The number of carbonyl (C=O) groups excluding carboxylic acids is 1. The Morgan fingerprint density at radius 1 is 1.37 bits per heavy atom. The summed E-state index contributed by atoms with van der Waals surface area (Å²) in [6, 6.07) is 10.0. The molecule has 0 aliphatic carbocycles. The molecule has 1 aromatic carbocycles. The first-order valence-corrected chi connectivity index (χ1v) is 6.77. The maximum atomic E-state index is 12.1. The van der Waals surface area contributed by atoms with Gasteiger partial charge in [-0.25, -0.2) is 0 Å². The van der Waals surface area contributed by atoms with Gasteiger partial charge in [0.15, 0.2) is 5.78 Å². The molecule has 0 saturated carbocycles. The number of nitrogens with zero attached hydrogens (tertiary/aromatic N) is 1. The molecule has 1 saturated heterocycles. The minimum atomic E-state index is 0.0389. The molecule has 1 atom stereocenters. The van der Waals surface area contributed by atoms with Crippen molar-refractivity contribution < 1.29 is 14.6 Å². The zero-order valence-electron chi connectivity index (χ0n) is 11.1.